The molecule has 0 unspecified atom stereocenters. The first-order chi connectivity index (χ1) is 14.4. The molecule has 0 aliphatic heterocycles. The van der Waals surface area contributed by atoms with Gasteiger partial charge in [0.15, 0.2) is 0 Å². The van der Waals surface area contributed by atoms with E-state index in [9.17, 15) is 4.79 Å². The first-order valence-electron chi connectivity index (χ1n) is 9.92. The molecule has 3 rings (SSSR count). The summed E-state index contributed by atoms with van der Waals surface area (Å²) in [5.74, 6) is 1.76. The fourth-order valence-corrected chi connectivity index (χ4v) is 3.86. The van der Waals surface area contributed by atoms with Crippen molar-refractivity contribution in [3.05, 3.63) is 88.9 Å². The number of benzene rings is 3. The summed E-state index contributed by atoms with van der Waals surface area (Å²) in [6.45, 7) is 6.15. The van der Waals surface area contributed by atoms with Gasteiger partial charge >= 0.3 is 0 Å². The highest BCUT2D eigenvalue weighted by Crippen LogP contribution is 2.29. The van der Waals surface area contributed by atoms with Gasteiger partial charge in [0.2, 0.25) is 5.91 Å². The van der Waals surface area contributed by atoms with E-state index in [2.05, 4.69) is 24.4 Å². The number of carbonyl (C=O) groups is 1. The SMILES string of the molecule is CCSc1ccc(CC(=O)Nc2ccc(C(C)(C)Oc3ccc(Cl)cc3)cc2)cc1. The molecule has 1 N–H and O–H groups in total. The minimum atomic E-state index is -0.519. The molecule has 0 bridgehead atoms. The summed E-state index contributed by atoms with van der Waals surface area (Å²) < 4.78 is 6.12. The molecule has 0 radical (unpaired) electrons. The summed E-state index contributed by atoms with van der Waals surface area (Å²) in [5.41, 5.74) is 2.26. The molecule has 3 nitrogen and oxygen atoms in total. The van der Waals surface area contributed by atoms with Gasteiger partial charge in [-0.15, -0.1) is 11.8 Å². The Morgan fingerprint density at radius 3 is 2.20 bits per heavy atom. The maximum atomic E-state index is 12.4. The molecule has 0 saturated carbocycles. The Balaban J connectivity index is 1.59. The van der Waals surface area contributed by atoms with E-state index in [1.54, 1.807) is 11.8 Å². The Hall–Kier alpha value is -2.43. The molecule has 1 amide bonds. The van der Waals surface area contributed by atoms with Crippen LogP contribution in [0.15, 0.2) is 77.7 Å². The van der Waals surface area contributed by atoms with Gasteiger partial charge in [0.1, 0.15) is 11.4 Å². The van der Waals surface area contributed by atoms with Crippen molar-refractivity contribution in [1.82, 2.24) is 0 Å². The normalized spacial score (nSPS) is 11.2. The third-order valence-corrected chi connectivity index (χ3v) is 5.80. The maximum absolute atomic E-state index is 12.4. The second-order valence-corrected chi connectivity index (χ2v) is 9.22. The minimum absolute atomic E-state index is 0.0321. The first kappa shape index (κ1) is 22.3. The number of hydrogen-bond acceptors (Lipinski definition) is 3. The molecule has 5 heteroatoms. The molecule has 0 aromatic heterocycles. The van der Waals surface area contributed by atoms with Crippen molar-refractivity contribution in [2.75, 3.05) is 11.1 Å². The van der Waals surface area contributed by atoms with Crippen molar-refractivity contribution in [1.29, 1.82) is 0 Å². The van der Waals surface area contributed by atoms with Crippen LogP contribution in [-0.4, -0.2) is 11.7 Å². The van der Waals surface area contributed by atoms with Gasteiger partial charge in [-0.05, 0) is 79.3 Å². The zero-order chi connectivity index (χ0) is 21.6. The fourth-order valence-electron chi connectivity index (χ4n) is 3.07. The maximum Gasteiger partial charge on any atom is 0.228 e. The van der Waals surface area contributed by atoms with Crippen molar-refractivity contribution in [2.24, 2.45) is 0 Å². The lowest BCUT2D eigenvalue weighted by molar-refractivity contribution is -0.115. The predicted octanol–water partition coefficient (Wildman–Crippen LogP) is 6.95. The van der Waals surface area contributed by atoms with Gasteiger partial charge in [-0.1, -0.05) is 42.8 Å². The summed E-state index contributed by atoms with van der Waals surface area (Å²) in [4.78, 5) is 13.6. The van der Waals surface area contributed by atoms with Crippen LogP contribution in [0.1, 0.15) is 31.9 Å². The molecule has 0 aliphatic carbocycles. The van der Waals surface area contributed by atoms with Crippen LogP contribution < -0.4 is 10.1 Å². The van der Waals surface area contributed by atoms with Crippen LogP contribution >= 0.6 is 23.4 Å². The number of halogens is 1. The standard InChI is InChI=1S/C25H26ClNO2S/c1-4-30-23-15-5-18(6-16-23)17-24(28)27-21-11-7-19(8-12-21)25(2,3)29-22-13-9-20(26)10-14-22/h5-16H,4,17H2,1-3H3,(H,27,28). The van der Waals surface area contributed by atoms with Gasteiger partial charge in [0.05, 0.1) is 6.42 Å². The fraction of sp³-hybridized carbons (Fsp3) is 0.240. The second kappa shape index (κ2) is 10.1. The lowest BCUT2D eigenvalue weighted by Crippen LogP contribution is -2.25. The summed E-state index contributed by atoms with van der Waals surface area (Å²) >= 11 is 7.73. The van der Waals surface area contributed by atoms with Crippen LogP contribution in [0.25, 0.3) is 0 Å². The molecule has 156 valence electrons. The molecular weight excluding hydrogens is 414 g/mol. The Morgan fingerprint density at radius 1 is 0.967 bits per heavy atom. The summed E-state index contributed by atoms with van der Waals surface area (Å²) in [7, 11) is 0. The van der Waals surface area contributed by atoms with Crippen LogP contribution in [0.4, 0.5) is 5.69 Å². The molecule has 30 heavy (non-hydrogen) atoms. The van der Waals surface area contributed by atoms with E-state index in [-0.39, 0.29) is 5.91 Å². The molecular formula is C25H26ClNO2S. The summed E-state index contributed by atoms with van der Waals surface area (Å²) in [6.07, 6.45) is 0.351. The minimum Gasteiger partial charge on any atom is -0.483 e. The molecule has 3 aromatic carbocycles. The number of hydrogen-bond donors (Lipinski definition) is 1. The Kier molecular flexibility index (Phi) is 7.46. The first-order valence-corrected chi connectivity index (χ1v) is 11.3. The zero-order valence-corrected chi connectivity index (χ0v) is 19.0. The largest absolute Gasteiger partial charge is 0.483 e. The quantitative estimate of drug-likeness (QED) is 0.386. The van der Waals surface area contributed by atoms with E-state index in [1.165, 1.54) is 4.90 Å². The molecule has 0 saturated heterocycles. The molecule has 3 aromatic rings. The third-order valence-electron chi connectivity index (χ3n) is 4.65. The van der Waals surface area contributed by atoms with Crippen molar-refractivity contribution >= 4 is 35.0 Å². The van der Waals surface area contributed by atoms with E-state index in [4.69, 9.17) is 16.3 Å². The van der Waals surface area contributed by atoms with Crippen LogP contribution in [0.3, 0.4) is 0 Å². The summed E-state index contributed by atoms with van der Waals surface area (Å²) in [6, 6.07) is 23.2. The topological polar surface area (TPSA) is 38.3 Å². The Bertz CT molecular complexity index is 968. The highest BCUT2D eigenvalue weighted by Gasteiger charge is 2.22. The number of anilines is 1. The number of rotatable bonds is 8. The predicted molar refractivity (Wildman–Crippen MR) is 127 cm³/mol. The average molecular weight is 440 g/mol. The smallest absolute Gasteiger partial charge is 0.228 e. The van der Waals surface area contributed by atoms with Crippen molar-refractivity contribution < 1.29 is 9.53 Å². The molecule has 0 heterocycles. The van der Waals surface area contributed by atoms with Crippen molar-refractivity contribution in [2.45, 2.75) is 37.7 Å². The molecule has 0 spiro atoms. The number of carbonyl (C=O) groups excluding carboxylic acids is 1. The zero-order valence-electron chi connectivity index (χ0n) is 17.4. The van der Waals surface area contributed by atoms with Gasteiger partial charge in [0, 0.05) is 15.6 Å². The lowest BCUT2D eigenvalue weighted by atomic mass is 9.97. The van der Waals surface area contributed by atoms with Crippen molar-refractivity contribution in [3.8, 4) is 5.75 Å². The van der Waals surface area contributed by atoms with Gasteiger partial charge in [-0.25, -0.2) is 0 Å². The van der Waals surface area contributed by atoms with E-state index in [1.807, 2.05) is 74.5 Å². The number of nitrogens with one attached hydrogen (secondary N) is 1. The number of amides is 1. The molecule has 0 atom stereocenters. The van der Waals surface area contributed by atoms with E-state index >= 15 is 0 Å². The number of ether oxygens (including phenoxy) is 1. The monoisotopic (exact) mass is 439 g/mol. The van der Waals surface area contributed by atoms with Crippen LogP contribution in [0.2, 0.25) is 5.02 Å². The summed E-state index contributed by atoms with van der Waals surface area (Å²) in [5, 5.41) is 3.64. The number of thioether (sulfide) groups is 1. The third kappa shape index (κ3) is 6.28. The van der Waals surface area contributed by atoms with Crippen LogP contribution in [-0.2, 0) is 16.8 Å². The Morgan fingerprint density at radius 2 is 1.60 bits per heavy atom. The average Bonchev–Trinajstić information content (AvgIpc) is 2.72. The second-order valence-electron chi connectivity index (χ2n) is 7.45. The molecule has 0 aliphatic rings. The highest BCUT2D eigenvalue weighted by atomic mass is 35.5. The van der Waals surface area contributed by atoms with E-state index in [0.29, 0.717) is 11.4 Å². The van der Waals surface area contributed by atoms with Gasteiger partial charge < -0.3 is 10.1 Å². The lowest BCUT2D eigenvalue weighted by Gasteiger charge is -2.27. The van der Waals surface area contributed by atoms with Gasteiger partial charge in [-0.3, -0.25) is 4.79 Å². The van der Waals surface area contributed by atoms with E-state index < -0.39 is 5.60 Å². The van der Waals surface area contributed by atoms with Crippen LogP contribution in [0.5, 0.6) is 5.75 Å². The van der Waals surface area contributed by atoms with Gasteiger partial charge in [-0.2, -0.15) is 0 Å². The van der Waals surface area contributed by atoms with Crippen molar-refractivity contribution in [3.63, 3.8) is 0 Å². The van der Waals surface area contributed by atoms with E-state index in [0.717, 1.165) is 28.3 Å². The Labute approximate surface area is 187 Å². The highest BCUT2D eigenvalue weighted by molar-refractivity contribution is 7.99. The molecule has 0 fully saturated rings. The van der Waals surface area contributed by atoms with Crippen LogP contribution in [0, 0.1) is 0 Å². The van der Waals surface area contributed by atoms with Gasteiger partial charge in [0.25, 0.3) is 0 Å².